The monoisotopic (exact) mass is 464 g/mol. The quantitative estimate of drug-likeness (QED) is 0.348. The molecule has 1 aliphatic heterocycles. The number of rotatable bonds is 7. The lowest BCUT2D eigenvalue weighted by Crippen LogP contribution is -2.60. The number of halogens is 3. The van der Waals surface area contributed by atoms with Gasteiger partial charge in [0.1, 0.15) is 11.9 Å². The highest BCUT2D eigenvalue weighted by Gasteiger charge is 2.41. The third-order valence-electron chi connectivity index (χ3n) is 4.88. The Balaban J connectivity index is 2.08. The zero-order chi connectivity index (χ0) is 22.5. The summed E-state index contributed by atoms with van der Waals surface area (Å²) in [4.78, 5) is 52.0. The predicted octanol–water partition coefficient (Wildman–Crippen LogP) is 4.26. The number of nitrogens with zero attached hydrogens (tertiary/aromatic N) is 2. The Labute approximate surface area is 188 Å². The number of hydrogen-bond donors (Lipinski definition) is 0. The number of hydrogen-bond acceptors (Lipinski definition) is 4. The molecule has 0 spiro atoms. The van der Waals surface area contributed by atoms with Crippen molar-refractivity contribution in [1.29, 1.82) is 0 Å². The highest BCUT2D eigenvalue weighted by molar-refractivity contribution is 6.30. The number of carbonyl (C=O) groups is 4. The Bertz CT molecular complexity index is 980. The van der Waals surface area contributed by atoms with E-state index >= 15 is 0 Å². The van der Waals surface area contributed by atoms with Crippen LogP contribution in [0.2, 0.25) is 5.02 Å². The first-order valence-corrected chi connectivity index (χ1v) is 10.5. The van der Waals surface area contributed by atoms with E-state index in [0.29, 0.717) is 11.4 Å². The Morgan fingerprint density at radius 1 is 0.968 bits per heavy atom. The summed E-state index contributed by atoms with van der Waals surface area (Å²) in [5.41, 5.74) is 0.268. The van der Waals surface area contributed by atoms with Crippen molar-refractivity contribution in [3.63, 3.8) is 0 Å². The molecule has 31 heavy (non-hydrogen) atoms. The van der Waals surface area contributed by atoms with Gasteiger partial charge < -0.3 is 0 Å². The number of piperidine rings is 1. The molecule has 1 fully saturated rings. The number of benzene rings is 2. The fourth-order valence-corrected chi connectivity index (χ4v) is 3.69. The minimum Gasteiger partial charge on any atom is -0.292 e. The molecule has 2 aromatic rings. The van der Waals surface area contributed by atoms with Crippen molar-refractivity contribution < 1.29 is 23.6 Å². The number of ketones is 1. The van der Waals surface area contributed by atoms with Crippen molar-refractivity contribution >= 4 is 46.7 Å². The second kappa shape index (κ2) is 10.0. The molecule has 0 aliphatic carbocycles. The third-order valence-corrected chi connectivity index (χ3v) is 5.35. The summed E-state index contributed by atoms with van der Waals surface area (Å²) >= 11 is 11.8. The normalized spacial score (nSPS) is 15.0. The number of Topliss-reactive ketones (excluding diaryl/α,β-unsaturated/α-hetero) is 1. The van der Waals surface area contributed by atoms with E-state index in [-0.39, 0.29) is 36.3 Å². The lowest BCUT2D eigenvalue weighted by atomic mass is 10.00. The summed E-state index contributed by atoms with van der Waals surface area (Å²) in [5.74, 6) is -2.98. The van der Waals surface area contributed by atoms with E-state index in [2.05, 4.69) is 0 Å². The number of imide groups is 1. The van der Waals surface area contributed by atoms with Crippen LogP contribution in [-0.2, 0) is 9.59 Å². The van der Waals surface area contributed by atoms with Gasteiger partial charge in [-0.3, -0.25) is 19.2 Å². The van der Waals surface area contributed by atoms with Gasteiger partial charge in [-0.25, -0.2) is 9.40 Å². The molecule has 0 saturated carbocycles. The van der Waals surface area contributed by atoms with Crippen LogP contribution < -0.4 is 0 Å². The summed E-state index contributed by atoms with van der Waals surface area (Å²) in [6.45, 7) is 0. The summed E-state index contributed by atoms with van der Waals surface area (Å²) in [7, 11) is 0. The number of alkyl halides is 1. The van der Waals surface area contributed by atoms with E-state index in [0.717, 1.165) is 22.2 Å². The Kier molecular flexibility index (Phi) is 7.41. The second-order valence-electron chi connectivity index (χ2n) is 6.97. The van der Waals surface area contributed by atoms with Crippen molar-refractivity contribution in [1.82, 2.24) is 10.0 Å². The third kappa shape index (κ3) is 5.11. The molecule has 3 amide bonds. The summed E-state index contributed by atoms with van der Waals surface area (Å²) in [5, 5.41) is 2.04. The van der Waals surface area contributed by atoms with Gasteiger partial charge in [0.15, 0.2) is 5.78 Å². The lowest BCUT2D eigenvalue weighted by Gasteiger charge is -2.39. The standard InChI is InChI=1S/C22H19Cl2FN2O4/c23-13-12-18(21(30)14-6-10-17(25)11-7-14)26(27-19(28)2-1-3-20(27)29)22(31)15-4-8-16(24)9-5-15/h4-11,18H,1-3,12-13H2/t18-/m1/s1. The smallest absolute Gasteiger partial charge is 0.273 e. The molecule has 2 aromatic carbocycles. The van der Waals surface area contributed by atoms with Crippen molar-refractivity contribution in [2.24, 2.45) is 0 Å². The molecular weight excluding hydrogens is 446 g/mol. The zero-order valence-corrected chi connectivity index (χ0v) is 17.9. The van der Waals surface area contributed by atoms with Gasteiger partial charge in [0.25, 0.3) is 5.91 Å². The van der Waals surface area contributed by atoms with Crippen molar-refractivity contribution in [2.75, 3.05) is 5.88 Å². The molecule has 162 valence electrons. The average Bonchev–Trinajstić information content (AvgIpc) is 2.75. The van der Waals surface area contributed by atoms with E-state index in [9.17, 15) is 23.6 Å². The Morgan fingerprint density at radius 3 is 2.06 bits per heavy atom. The molecule has 9 heteroatoms. The van der Waals surface area contributed by atoms with Crippen LogP contribution in [0, 0.1) is 5.82 Å². The van der Waals surface area contributed by atoms with Crippen LogP contribution in [-0.4, -0.2) is 45.4 Å². The van der Waals surface area contributed by atoms with Crippen molar-refractivity contribution in [3.8, 4) is 0 Å². The van der Waals surface area contributed by atoms with E-state index in [1.54, 1.807) is 0 Å². The van der Waals surface area contributed by atoms with Gasteiger partial charge in [0.05, 0.1) is 0 Å². The molecule has 1 saturated heterocycles. The Morgan fingerprint density at radius 2 is 1.52 bits per heavy atom. The molecule has 1 heterocycles. The van der Waals surface area contributed by atoms with Gasteiger partial charge in [-0.2, -0.15) is 5.01 Å². The SMILES string of the molecule is O=C(c1ccc(F)cc1)[C@@H](CCCl)N(C(=O)c1ccc(Cl)cc1)N1C(=O)CCCC1=O. The molecule has 6 nitrogen and oxygen atoms in total. The van der Waals surface area contributed by atoms with Crippen LogP contribution in [0.5, 0.6) is 0 Å². The number of amides is 3. The first-order chi connectivity index (χ1) is 14.8. The predicted molar refractivity (Wildman–Crippen MR) is 113 cm³/mol. The van der Waals surface area contributed by atoms with Crippen LogP contribution in [0.3, 0.4) is 0 Å². The maximum Gasteiger partial charge on any atom is 0.273 e. The fourth-order valence-electron chi connectivity index (χ4n) is 3.35. The fraction of sp³-hybridized carbons (Fsp3) is 0.273. The topological polar surface area (TPSA) is 74.8 Å². The van der Waals surface area contributed by atoms with Crippen LogP contribution >= 0.6 is 23.2 Å². The Hall–Kier alpha value is -2.77. The highest BCUT2D eigenvalue weighted by atomic mass is 35.5. The largest absolute Gasteiger partial charge is 0.292 e. The van der Waals surface area contributed by atoms with Gasteiger partial charge in [0.2, 0.25) is 11.8 Å². The first-order valence-electron chi connectivity index (χ1n) is 9.64. The molecule has 1 atom stereocenters. The molecule has 0 bridgehead atoms. The van der Waals surface area contributed by atoms with Gasteiger partial charge >= 0.3 is 0 Å². The molecule has 3 rings (SSSR count). The highest BCUT2D eigenvalue weighted by Crippen LogP contribution is 2.24. The van der Waals surface area contributed by atoms with Crippen LogP contribution in [0.15, 0.2) is 48.5 Å². The minimum absolute atomic E-state index is 0.0157. The van der Waals surface area contributed by atoms with E-state index < -0.39 is 35.4 Å². The zero-order valence-electron chi connectivity index (χ0n) is 16.4. The van der Waals surface area contributed by atoms with Gasteiger partial charge in [0, 0.05) is 34.9 Å². The van der Waals surface area contributed by atoms with Crippen LogP contribution in [0.25, 0.3) is 0 Å². The van der Waals surface area contributed by atoms with E-state index in [1.165, 1.54) is 36.4 Å². The second-order valence-corrected chi connectivity index (χ2v) is 7.79. The van der Waals surface area contributed by atoms with E-state index in [4.69, 9.17) is 23.2 Å². The van der Waals surface area contributed by atoms with Crippen molar-refractivity contribution in [2.45, 2.75) is 31.7 Å². The van der Waals surface area contributed by atoms with Crippen LogP contribution in [0.4, 0.5) is 4.39 Å². The number of hydrazine groups is 1. The van der Waals surface area contributed by atoms with Gasteiger partial charge in [-0.1, -0.05) is 11.6 Å². The van der Waals surface area contributed by atoms with Crippen molar-refractivity contribution in [3.05, 3.63) is 70.5 Å². The summed E-state index contributed by atoms with van der Waals surface area (Å²) in [6, 6.07) is 9.43. The van der Waals surface area contributed by atoms with Gasteiger partial charge in [-0.15, -0.1) is 11.6 Å². The summed E-state index contributed by atoms with van der Waals surface area (Å²) in [6.07, 6.45) is 0.473. The van der Waals surface area contributed by atoms with Crippen LogP contribution in [0.1, 0.15) is 46.4 Å². The van der Waals surface area contributed by atoms with Gasteiger partial charge in [-0.05, 0) is 61.4 Å². The first kappa shape index (κ1) is 22.9. The molecule has 0 aromatic heterocycles. The summed E-state index contributed by atoms with van der Waals surface area (Å²) < 4.78 is 13.3. The molecule has 1 aliphatic rings. The maximum atomic E-state index is 13.4. The van der Waals surface area contributed by atoms with E-state index in [1.807, 2.05) is 0 Å². The number of carbonyl (C=O) groups excluding carboxylic acids is 4. The lowest BCUT2D eigenvalue weighted by molar-refractivity contribution is -0.165. The maximum absolute atomic E-state index is 13.4. The average molecular weight is 465 g/mol. The molecule has 0 unspecified atom stereocenters. The minimum atomic E-state index is -1.24. The molecule has 0 radical (unpaired) electrons. The molecular formula is C22H19Cl2FN2O4. The molecule has 0 N–H and O–H groups in total.